The third kappa shape index (κ3) is 2.31. The van der Waals surface area contributed by atoms with Gasteiger partial charge in [-0.05, 0) is 42.0 Å². The fourth-order valence-electron chi connectivity index (χ4n) is 1.89. The highest BCUT2D eigenvalue weighted by atomic mass is 35.5. The standard InChI is InChI=1S/C15H9ClN2O/c16-12-4-2-11(3-5-12)15-18-13-6-1-10(7-8-17)9-14(13)19-15/h1-6,9H,7H2. The number of aromatic nitrogens is 1. The maximum absolute atomic E-state index is 8.69. The number of hydrogen-bond donors (Lipinski definition) is 0. The summed E-state index contributed by atoms with van der Waals surface area (Å²) in [6.07, 6.45) is 0.368. The van der Waals surface area contributed by atoms with Crippen molar-refractivity contribution in [2.24, 2.45) is 0 Å². The Labute approximate surface area is 115 Å². The Balaban J connectivity index is 2.06. The zero-order valence-electron chi connectivity index (χ0n) is 9.93. The summed E-state index contributed by atoms with van der Waals surface area (Å²) < 4.78 is 5.72. The Morgan fingerprint density at radius 3 is 2.68 bits per heavy atom. The molecule has 3 aromatic rings. The molecule has 1 aromatic heterocycles. The summed E-state index contributed by atoms with van der Waals surface area (Å²) in [7, 11) is 0. The lowest BCUT2D eigenvalue weighted by Gasteiger charge is -1.94. The van der Waals surface area contributed by atoms with E-state index >= 15 is 0 Å². The van der Waals surface area contributed by atoms with E-state index in [2.05, 4.69) is 11.1 Å². The van der Waals surface area contributed by atoms with Gasteiger partial charge in [-0.2, -0.15) is 5.26 Å². The SMILES string of the molecule is N#CCc1ccc2nc(-c3ccc(Cl)cc3)oc2c1. The zero-order valence-corrected chi connectivity index (χ0v) is 10.7. The molecule has 0 saturated carbocycles. The van der Waals surface area contributed by atoms with Crippen LogP contribution in [0.25, 0.3) is 22.6 Å². The van der Waals surface area contributed by atoms with E-state index in [1.54, 1.807) is 12.1 Å². The van der Waals surface area contributed by atoms with Crippen LogP contribution in [0.1, 0.15) is 5.56 Å². The molecule has 3 nitrogen and oxygen atoms in total. The minimum Gasteiger partial charge on any atom is -0.436 e. The molecule has 0 spiro atoms. The van der Waals surface area contributed by atoms with E-state index in [0.717, 1.165) is 16.6 Å². The maximum Gasteiger partial charge on any atom is 0.227 e. The molecule has 0 fully saturated rings. The number of oxazole rings is 1. The molecule has 0 atom stereocenters. The summed E-state index contributed by atoms with van der Waals surface area (Å²) in [5, 5.41) is 9.37. The van der Waals surface area contributed by atoms with E-state index in [1.165, 1.54) is 0 Å². The average molecular weight is 269 g/mol. The largest absolute Gasteiger partial charge is 0.436 e. The van der Waals surface area contributed by atoms with Gasteiger partial charge in [0.1, 0.15) is 5.52 Å². The van der Waals surface area contributed by atoms with Crippen molar-refractivity contribution in [3.8, 4) is 17.5 Å². The van der Waals surface area contributed by atoms with Crippen molar-refractivity contribution in [3.05, 3.63) is 53.1 Å². The number of benzene rings is 2. The van der Waals surface area contributed by atoms with Crippen LogP contribution in [-0.2, 0) is 6.42 Å². The van der Waals surface area contributed by atoms with E-state index in [0.29, 0.717) is 22.9 Å². The highest BCUT2D eigenvalue weighted by molar-refractivity contribution is 6.30. The molecule has 0 aliphatic heterocycles. The van der Waals surface area contributed by atoms with Gasteiger partial charge in [-0.1, -0.05) is 17.7 Å². The van der Waals surface area contributed by atoms with Crippen LogP contribution in [0.3, 0.4) is 0 Å². The van der Waals surface area contributed by atoms with Gasteiger partial charge in [-0.15, -0.1) is 0 Å². The normalized spacial score (nSPS) is 10.5. The Bertz CT molecular complexity index is 769. The highest BCUT2D eigenvalue weighted by Gasteiger charge is 2.08. The quantitative estimate of drug-likeness (QED) is 0.699. The van der Waals surface area contributed by atoms with Crippen molar-refractivity contribution < 1.29 is 4.42 Å². The van der Waals surface area contributed by atoms with Crippen molar-refractivity contribution in [1.29, 1.82) is 5.26 Å². The molecule has 0 aliphatic rings. The predicted molar refractivity (Wildman–Crippen MR) is 73.8 cm³/mol. The molecule has 0 radical (unpaired) electrons. The number of halogens is 1. The van der Waals surface area contributed by atoms with E-state index in [1.807, 2.05) is 30.3 Å². The van der Waals surface area contributed by atoms with E-state index in [-0.39, 0.29) is 0 Å². The number of fused-ring (bicyclic) bond motifs is 1. The Kier molecular flexibility index (Phi) is 2.94. The van der Waals surface area contributed by atoms with Gasteiger partial charge in [-0.3, -0.25) is 0 Å². The summed E-state index contributed by atoms with van der Waals surface area (Å²) in [4.78, 5) is 4.42. The minimum absolute atomic E-state index is 0.368. The molecule has 0 N–H and O–H groups in total. The second kappa shape index (κ2) is 4.75. The van der Waals surface area contributed by atoms with E-state index in [4.69, 9.17) is 21.3 Å². The molecule has 0 bridgehead atoms. The van der Waals surface area contributed by atoms with Crippen molar-refractivity contribution in [1.82, 2.24) is 4.98 Å². The molecule has 19 heavy (non-hydrogen) atoms. The van der Waals surface area contributed by atoms with Gasteiger partial charge in [-0.25, -0.2) is 4.98 Å². The van der Waals surface area contributed by atoms with Gasteiger partial charge in [0.15, 0.2) is 5.58 Å². The maximum atomic E-state index is 8.69. The molecule has 1 heterocycles. The van der Waals surface area contributed by atoms with Gasteiger partial charge in [0.25, 0.3) is 0 Å². The van der Waals surface area contributed by atoms with E-state index < -0.39 is 0 Å². The predicted octanol–water partition coefficient (Wildman–Crippen LogP) is 4.21. The van der Waals surface area contributed by atoms with Gasteiger partial charge < -0.3 is 4.42 Å². The highest BCUT2D eigenvalue weighted by Crippen LogP contribution is 2.26. The van der Waals surface area contributed by atoms with Crippen molar-refractivity contribution >= 4 is 22.7 Å². The minimum atomic E-state index is 0.368. The number of nitriles is 1. The molecular weight excluding hydrogens is 260 g/mol. The first-order valence-corrected chi connectivity index (χ1v) is 6.16. The summed E-state index contributed by atoms with van der Waals surface area (Å²) in [5.41, 5.74) is 3.28. The monoisotopic (exact) mass is 268 g/mol. The first-order valence-electron chi connectivity index (χ1n) is 5.78. The average Bonchev–Trinajstić information content (AvgIpc) is 2.83. The molecule has 0 amide bonds. The molecule has 3 rings (SSSR count). The van der Waals surface area contributed by atoms with Gasteiger partial charge >= 0.3 is 0 Å². The van der Waals surface area contributed by atoms with Gasteiger partial charge in [0, 0.05) is 10.6 Å². The zero-order chi connectivity index (χ0) is 13.2. The van der Waals surface area contributed by atoms with Crippen LogP contribution in [0, 0.1) is 11.3 Å². The fraction of sp³-hybridized carbons (Fsp3) is 0.0667. The second-order valence-corrected chi connectivity index (χ2v) is 4.60. The number of nitrogens with zero attached hydrogens (tertiary/aromatic N) is 2. The van der Waals surface area contributed by atoms with Crippen LogP contribution in [0.5, 0.6) is 0 Å². The lowest BCUT2D eigenvalue weighted by atomic mass is 10.1. The summed E-state index contributed by atoms with van der Waals surface area (Å²) >= 11 is 5.85. The Morgan fingerprint density at radius 1 is 1.16 bits per heavy atom. The molecule has 4 heteroatoms. The Morgan fingerprint density at radius 2 is 1.95 bits per heavy atom. The molecular formula is C15H9ClN2O. The van der Waals surface area contributed by atoms with Crippen molar-refractivity contribution in [2.45, 2.75) is 6.42 Å². The first-order chi connectivity index (χ1) is 9.26. The molecule has 92 valence electrons. The smallest absolute Gasteiger partial charge is 0.227 e. The van der Waals surface area contributed by atoms with Gasteiger partial charge in [0.05, 0.1) is 12.5 Å². The first kappa shape index (κ1) is 11.8. The molecule has 0 saturated heterocycles. The van der Waals surface area contributed by atoms with Gasteiger partial charge in [0.2, 0.25) is 5.89 Å². The molecule has 2 aromatic carbocycles. The number of rotatable bonds is 2. The number of hydrogen-bond acceptors (Lipinski definition) is 3. The summed E-state index contributed by atoms with van der Waals surface area (Å²) in [6, 6.07) is 15.0. The topological polar surface area (TPSA) is 49.8 Å². The second-order valence-electron chi connectivity index (χ2n) is 4.16. The third-order valence-electron chi connectivity index (χ3n) is 2.83. The van der Waals surface area contributed by atoms with Crippen molar-refractivity contribution in [2.75, 3.05) is 0 Å². The Hall–Kier alpha value is -2.31. The molecule has 0 aliphatic carbocycles. The van der Waals surface area contributed by atoms with Crippen LogP contribution in [0.2, 0.25) is 5.02 Å². The van der Waals surface area contributed by atoms with E-state index in [9.17, 15) is 0 Å². The van der Waals surface area contributed by atoms with Crippen LogP contribution in [-0.4, -0.2) is 4.98 Å². The summed E-state index contributed by atoms with van der Waals surface area (Å²) in [6.45, 7) is 0. The summed E-state index contributed by atoms with van der Waals surface area (Å²) in [5.74, 6) is 0.556. The lowest BCUT2D eigenvalue weighted by Crippen LogP contribution is -1.79. The molecule has 0 unspecified atom stereocenters. The van der Waals surface area contributed by atoms with Crippen LogP contribution >= 0.6 is 11.6 Å². The van der Waals surface area contributed by atoms with Crippen molar-refractivity contribution in [3.63, 3.8) is 0 Å². The van der Waals surface area contributed by atoms with Crippen LogP contribution in [0.15, 0.2) is 46.9 Å². The lowest BCUT2D eigenvalue weighted by molar-refractivity contribution is 0.619. The van der Waals surface area contributed by atoms with Crippen LogP contribution < -0.4 is 0 Å². The fourth-order valence-corrected chi connectivity index (χ4v) is 2.01. The third-order valence-corrected chi connectivity index (χ3v) is 3.08. The van der Waals surface area contributed by atoms with Crippen LogP contribution in [0.4, 0.5) is 0 Å².